The fourth-order valence-electron chi connectivity index (χ4n) is 0.886. The van der Waals surface area contributed by atoms with Gasteiger partial charge in [0.15, 0.2) is 0 Å². The summed E-state index contributed by atoms with van der Waals surface area (Å²) in [7, 11) is 0. The van der Waals surface area contributed by atoms with Gasteiger partial charge in [-0.3, -0.25) is 0 Å². The maximum atomic E-state index is 9.58. The van der Waals surface area contributed by atoms with Crippen LogP contribution in [-0.2, 0) is 0 Å². The first kappa shape index (κ1) is 11.9. The smallest absolute Gasteiger partial charge is 0.0578 e. The summed E-state index contributed by atoms with van der Waals surface area (Å²) in [4.78, 5) is 0. The van der Waals surface area contributed by atoms with E-state index in [9.17, 15) is 5.11 Å². The third-order valence-corrected chi connectivity index (χ3v) is 2.38. The van der Waals surface area contributed by atoms with E-state index in [0.717, 1.165) is 0 Å². The first-order chi connectivity index (χ1) is 5.25. The van der Waals surface area contributed by atoms with Crippen LogP contribution in [0.15, 0.2) is 0 Å². The molecule has 74 valence electrons. The highest BCUT2D eigenvalue weighted by Gasteiger charge is 2.24. The molecule has 2 atom stereocenters. The van der Waals surface area contributed by atoms with Gasteiger partial charge >= 0.3 is 0 Å². The molecular formula is C10H23NO. The standard InChI is InChI=1S/C10H23NO/c1-7(2)8(12)6-9(11)10(3,4)5/h7-9,12H,6,11H2,1-5H3/t8-,9-/m0/s1. The van der Waals surface area contributed by atoms with Crippen molar-refractivity contribution in [1.29, 1.82) is 0 Å². The second-order valence-electron chi connectivity index (χ2n) is 5.02. The van der Waals surface area contributed by atoms with Crippen molar-refractivity contribution < 1.29 is 5.11 Å². The quantitative estimate of drug-likeness (QED) is 0.683. The van der Waals surface area contributed by atoms with Crippen LogP contribution in [0.4, 0.5) is 0 Å². The summed E-state index contributed by atoms with van der Waals surface area (Å²) in [5.41, 5.74) is 6.02. The summed E-state index contributed by atoms with van der Waals surface area (Å²) in [6.45, 7) is 10.3. The van der Waals surface area contributed by atoms with Crippen molar-refractivity contribution in [2.45, 2.75) is 53.2 Å². The molecule has 0 aromatic rings. The first-order valence-electron chi connectivity index (χ1n) is 4.68. The summed E-state index contributed by atoms with van der Waals surface area (Å²) in [5.74, 6) is 0.304. The monoisotopic (exact) mass is 173 g/mol. The highest BCUT2D eigenvalue weighted by molar-refractivity contribution is 4.80. The molecule has 0 amide bonds. The Balaban J connectivity index is 3.93. The first-order valence-corrected chi connectivity index (χ1v) is 4.68. The summed E-state index contributed by atoms with van der Waals surface area (Å²) in [6.07, 6.45) is 0.431. The van der Waals surface area contributed by atoms with Gasteiger partial charge in [-0.15, -0.1) is 0 Å². The van der Waals surface area contributed by atoms with Gasteiger partial charge < -0.3 is 10.8 Å². The summed E-state index contributed by atoms with van der Waals surface area (Å²) in [6, 6.07) is 0.0786. The Morgan fingerprint density at radius 1 is 1.25 bits per heavy atom. The van der Waals surface area contributed by atoms with Crippen LogP contribution in [0.2, 0.25) is 0 Å². The average Bonchev–Trinajstić information content (AvgIpc) is 1.85. The van der Waals surface area contributed by atoms with E-state index in [4.69, 9.17) is 5.73 Å². The van der Waals surface area contributed by atoms with Gasteiger partial charge in [-0.05, 0) is 17.8 Å². The van der Waals surface area contributed by atoms with Gasteiger partial charge in [-0.2, -0.15) is 0 Å². The average molecular weight is 173 g/mol. The lowest BCUT2D eigenvalue weighted by atomic mass is 9.82. The molecule has 0 aromatic carbocycles. The third kappa shape index (κ3) is 4.07. The zero-order valence-corrected chi connectivity index (χ0v) is 8.96. The van der Waals surface area contributed by atoms with E-state index in [0.29, 0.717) is 12.3 Å². The molecule has 0 radical (unpaired) electrons. The van der Waals surface area contributed by atoms with Crippen LogP contribution in [0.25, 0.3) is 0 Å². The Morgan fingerprint density at radius 3 is 1.92 bits per heavy atom. The van der Waals surface area contributed by atoms with E-state index in [1.807, 2.05) is 13.8 Å². The molecule has 0 aromatic heterocycles. The number of aliphatic hydroxyl groups excluding tert-OH is 1. The Labute approximate surface area is 76.2 Å². The molecule has 2 heteroatoms. The molecule has 0 aliphatic rings. The molecule has 0 rings (SSSR count). The maximum absolute atomic E-state index is 9.58. The molecule has 0 bridgehead atoms. The van der Waals surface area contributed by atoms with Crippen molar-refractivity contribution in [1.82, 2.24) is 0 Å². The van der Waals surface area contributed by atoms with Gasteiger partial charge in [-0.1, -0.05) is 34.6 Å². The van der Waals surface area contributed by atoms with Gasteiger partial charge in [0.2, 0.25) is 0 Å². The minimum atomic E-state index is -0.265. The van der Waals surface area contributed by atoms with Gasteiger partial charge in [0, 0.05) is 6.04 Å². The van der Waals surface area contributed by atoms with Gasteiger partial charge in [0.25, 0.3) is 0 Å². The van der Waals surface area contributed by atoms with Crippen LogP contribution in [0.3, 0.4) is 0 Å². The number of hydrogen-bond acceptors (Lipinski definition) is 2. The minimum Gasteiger partial charge on any atom is -0.393 e. The summed E-state index contributed by atoms with van der Waals surface area (Å²) in [5, 5.41) is 9.58. The van der Waals surface area contributed by atoms with E-state index in [1.165, 1.54) is 0 Å². The number of aliphatic hydroxyl groups is 1. The van der Waals surface area contributed by atoms with Crippen LogP contribution in [0.1, 0.15) is 41.0 Å². The van der Waals surface area contributed by atoms with Crippen molar-refractivity contribution >= 4 is 0 Å². The van der Waals surface area contributed by atoms with E-state index < -0.39 is 0 Å². The van der Waals surface area contributed by atoms with Crippen LogP contribution in [0.5, 0.6) is 0 Å². The Morgan fingerprint density at radius 2 is 1.67 bits per heavy atom. The van der Waals surface area contributed by atoms with Crippen molar-refractivity contribution in [2.24, 2.45) is 17.1 Å². The predicted molar refractivity (Wildman–Crippen MR) is 52.9 cm³/mol. The van der Waals surface area contributed by atoms with Crippen LogP contribution >= 0.6 is 0 Å². The zero-order chi connectivity index (χ0) is 9.94. The number of rotatable bonds is 3. The van der Waals surface area contributed by atoms with Gasteiger partial charge in [-0.25, -0.2) is 0 Å². The van der Waals surface area contributed by atoms with Gasteiger partial charge in [0.1, 0.15) is 0 Å². The topological polar surface area (TPSA) is 46.2 Å². The van der Waals surface area contributed by atoms with Crippen molar-refractivity contribution in [3.8, 4) is 0 Å². The highest BCUT2D eigenvalue weighted by atomic mass is 16.3. The van der Waals surface area contributed by atoms with Crippen molar-refractivity contribution in [2.75, 3.05) is 0 Å². The molecule has 0 saturated carbocycles. The van der Waals surface area contributed by atoms with Crippen molar-refractivity contribution in [3.05, 3.63) is 0 Å². The second kappa shape index (κ2) is 4.24. The Hall–Kier alpha value is -0.0800. The fraction of sp³-hybridized carbons (Fsp3) is 1.00. The molecule has 12 heavy (non-hydrogen) atoms. The summed E-state index contributed by atoms with van der Waals surface area (Å²) >= 11 is 0. The number of nitrogens with two attached hydrogens (primary N) is 1. The lowest BCUT2D eigenvalue weighted by molar-refractivity contribution is 0.0915. The molecule has 0 fully saturated rings. The Bertz CT molecular complexity index is 126. The molecule has 0 heterocycles. The van der Waals surface area contributed by atoms with Gasteiger partial charge in [0.05, 0.1) is 6.10 Å². The third-order valence-electron chi connectivity index (χ3n) is 2.38. The largest absolute Gasteiger partial charge is 0.393 e. The lowest BCUT2D eigenvalue weighted by Gasteiger charge is -2.29. The molecule has 0 saturated heterocycles. The van der Waals surface area contributed by atoms with E-state index in [1.54, 1.807) is 0 Å². The molecule has 0 aliphatic heterocycles. The highest BCUT2D eigenvalue weighted by Crippen LogP contribution is 2.22. The second-order valence-corrected chi connectivity index (χ2v) is 5.02. The molecule has 2 nitrogen and oxygen atoms in total. The van der Waals surface area contributed by atoms with Crippen LogP contribution in [-0.4, -0.2) is 17.3 Å². The van der Waals surface area contributed by atoms with E-state index >= 15 is 0 Å². The maximum Gasteiger partial charge on any atom is 0.0578 e. The van der Waals surface area contributed by atoms with Crippen LogP contribution < -0.4 is 5.73 Å². The molecule has 3 N–H and O–H groups in total. The molecule has 0 unspecified atom stereocenters. The predicted octanol–water partition coefficient (Wildman–Crippen LogP) is 1.77. The normalized spacial score (nSPS) is 18.0. The molecule has 0 aliphatic carbocycles. The van der Waals surface area contributed by atoms with E-state index in [2.05, 4.69) is 20.8 Å². The number of hydrogen-bond donors (Lipinski definition) is 2. The fourth-order valence-corrected chi connectivity index (χ4v) is 0.886. The zero-order valence-electron chi connectivity index (χ0n) is 8.96. The SMILES string of the molecule is CC(C)[C@@H](O)C[C@H](N)C(C)(C)C. The van der Waals surface area contributed by atoms with Crippen molar-refractivity contribution in [3.63, 3.8) is 0 Å². The molecule has 0 spiro atoms. The Kier molecular flexibility index (Phi) is 4.21. The van der Waals surface area contributed by atoms with Crippen LogP contribution in [0, 0.1) is 11.3 Å². The summed E-state index contributed by atoms with van der Waals surface area (Å²) < 4.78 is 0. The molecular weight excluding hydrogens is 150 g/mol. The minimum absolute atomic E-state index is 0.0786. The lowest BCUT2D eigenvalue weighted by Crippen LogP contribution is -2.39. The van der Waals surface area contributed by atoms with E-state index in [-0.39, 0.29) is 17.6 Å².